The molecule has 0 fully saturated rings. The van der Waals surface area contributed by atoms with E-state index in [2.05, 4.69) is 9.47 Å². The predicted molar refractivity (Wildman–Crippen MR) is 38.5 cm³/mol. The normalized spacial score (nSPS) is 11.9. The number of hydrogen-bond acceptors (Lipinski definition) is 8. The number of carbonyl (C=O) groups excluding carboxylic acids is 4. The van der Waals surface area contributed by atoms with E-state index in [4.69, 9.17) is 10.2 Å². The fraction of sp³-hybridized carbons (Fsp3) is 0.333. The fourth-order valence-electron chi connectivity index (χ4n) is 0.492. The first-order valence-electron chi connectivity index (χ1n) is 3.19. The van der Waals surface area contributed by atoms with Gasteiger partial charge in [0.2, 0.25) is 0 Å². The van der Waals surface area contributed by atoms with Crippen molar-refractivity contribution in [2.45, 2.75) is 12.2 Å². The SMILES string of the molecule is O=COC(=O)C(O)C(O)C(=O)OC=O.[H-].[H-].[Na+].[Na+]. The summed E-state index contributed by atoms with van der Waals surface area (Å²) in [6.45, 7) is -0.577. The summed E-state index contributed by atoms with van der Waals surface area (Å²) < 4.78 is 7.25. The molecule has 0 rings (SSSR count). The van der Waals surface area contributed by atoms with Crippen LogP contribution in [0.2, 0.25) is 0 Å². The first-order chi connectivity index (χ1) is 6.54. The maximum Gasteiger partial charge on any atom is 1.00 e. The van der Waals surface area contributed by atoms with E-state index in [0.717, 1.165) is 0 Å². The van der Waals surface area contributed by atoms with Gasteiger partial charge in [0.25, 0.3) is 0 Å². The van der Waals surface area contributed by atoms with E-state index in [1.807, 2.05) is 0 Å². The molecule has 0 aromatic carbocycles. The van der Waals surface area contributed by atoms with E-state index in [0.29, 0.717) is 0 Å². The third-order valence-corrected chi connectivity index (χ3v) is 1.11. The Bertz CT molecular complexity index is 238. The van der Waals surface area contributed by atoms with Crippen LogP contribution >= 0.6 is 0 Å². The molecule has 0 aromatic heterocycles. The van der Waals surface area contributed by atoms with Crippen molar-refractivity contribution in [3.8, 4) is 0 Å². The summed E-state index contributed by atoms with van der Waals surface area (Å²) in [7, 11) is 0. The Kier molecular flexibility index (Phi) is 15.7. The Morgan fingerprint density at radius 3 is 1.38 bits per heavy atom. The molecule has 2 atom stereocenters. The van der Waals surface area contributed by atoms with Gasteiger partial charge in [-0.3, -0.25) is 9.59 Å². The first-order valence-corrected chi connectivity index (χ1v) is 3.19. The van der Waals surface area contributed by atoms with Gasteiger partial charge >= 0.3 is 84.0 Å². The van der Waals surface area contributed by atoms with Gasteiger partial charge in [-0.15, -0.1) is 0 Å². The van der Waals surface area contributed by atoms with Crippen molar-refractivity contribution in [2.24, 2.45) is 0 Å². The van der Waals surface area contributed by atoms with Crippen molar-refractivity contribution in [3.05, 3.63) is 0 Å². The molecule has 8 nitrogen and oxygen atoms in total. The molecule has 0 radical (unpaired) electrons. The second kappa shape index (κ2) is 11.7. The molecule has 0 bridgehead atoms. The second-order valence-electron chi connectivity index (χ2n) is 1.96. The summed E-state index contributed by atoms with van der Waals surface area (Å²) >= 11 is 0. The second-order valence-corrected chi connectivity index (χ2v) is 1.96. The summed E-state index contributed by atoms with van der Waals surface area (Å²) in [4.78, 5) is 40.3. The van der Waals surface area contributed by atoms with Gasteiger partial charge in [-0.25, -0.2) is 9.59 Å². The summed E-state index contributed by atoms with van der Waals surface area (Å²) in [5.74, 6) is -3.06. The van der Waals surface area contributed by atoms with Gasteiger partial charge in [0, 0.05) is 0 Å². The van der Waals surface area contributed by atoms with Crippen LogP contribution < -0.4 is 59.1 Å². The Morgan fingerprint density at radius 1 is 0.938 bits per heavy atom. The van der Waals surface area contributed by atoms with Crippen LogP contribution in [-0.2, 0) is 28.7 Å². The molecule has 2 N–H and O–H groups in total. The third kappa shape index (κ3) is 7.47. The summed E-state index contributed by atoms with van der Waals surface area (Å²) in [6.07, 6.45) is -4.57. The van der Waals surface area contributed by atoms with Crippen molar-refractivity contribution in [1.82, 2.24) is 0 Å². The van der Waals surface area contributed by atoms with E-state index in [1.54, 1.807) is 0 Å². The summed E-state index contributed by atoms with van der Waals surface area (Å²) in [5, 5.41) is 17.6. The fourth-order valence-corrected chi connectivity index (χ4v) is 0.492. The van der Waals surface area contributed by atoms with E-state index in [-0.39, 0.29) is 74.9 Å². The molecule has 0 aliphatic rings. The average molecular weight is 254 g/mol. The third-order valence-electron chi connectivity index (χ3n) is 1.11. The Balaban J connectivity index is -0.000000141. The standard InChI is InChI=1S/C6H6O8.2Na.2H/c7-1-13-5(11)3(9)4(10)6(12)14-2-8;;;;/h1-4,9-10H;;;;/q;2*+1;2*-1. The van der Waals surface area contributed by atoms with Gasteiger partial charge in [0.15, 0.2) is 12.2 Å². The maximum absolute atomic E-state index is 10.5. The average Bonchev–Trinajstić information content (AvgIpc) is 2.16. The van der Waals surface area contributed by atoms with Crippen molar-refractivity contribution in [3.63, 3.8) is 0 Å². The summed E-state index contributed by atoms with van der Waals surface area (Å²) in [6, 6.07) is 0. The zero-order valence-electron chi connectivity index (χ0n) is 10.7. The molecule has 0 saturated heterocycles. The van der Waals surface area contributed by atoms with Gasteiger partial charge in [-0.2, -0.15) is 0 Å². The number of aliphatic hydroxyl groups is 2. The minimum atomic E-state index is -2.28. The zero-order valence-corrected chi connectivity index (χ0v) is 12.7. The molecule has 0 heterocycles. The first kappa shape index (κ1) is 21.5. The maximum atomic E-state index is 10.5. The van der Waals surface area contributed by atoms with Crippen molar-refractivity contribution >= 4 is 24.9 Å². The molecule has 2 unspecified atom stereocenters. The molecule has 82 valence electrons. The van der Waals surface area contributed by atoms with E-state index in [9.17, 15) is 19.2 Å². The smallest absolute Gasteiger partial charge is 1.00 e. The van der Waals surface area contributed by atoms with E-state index in [1.165, 1.54) is 0 Å². The molecular formula is C6H8Na2O8. The quantitative estimate of drug-likeness (QED) is 0.214. The topological polar surface area (TPSA) is 127 Å². The Hall–Kier alpha value is 0.200. The monoisotopic (exact) mass is 254 g/mol. The van der Waals surface area contributed by atoms with Crippen molar-refractivity contribution in [1.29, 1.82) is 0 Å². The molecule has 0 amide bonds. The largest absolute Gasteiger partial charge is 1.00 e. The Morgan fingerprint density at radius 2 is 1.19 bits per heavy atom. The number of aliphatic hydroxyl groups excluding tert-OH is 2. The van der Waals surface area contributed by atoms with Crippen LogP contribution in [0.15, 0.2) is 0 Å². The van der Waals surface area contributed by atoms with Crippen molar-refractivity contribution < 1.29 is 101 Å². The predicted octanol–water partition coefficient (Wildman–Crippen LogP) is -8.66. The van der Waals surface area contributed by atoms with Gasteiger partial charge < -0.3 is 22.5 Å². The van der Waals surface area contributed by atoms with Crippen LogP contribution in [0.25, 0.3) is 0 Å². The van der Waals surface area contributed by atoms with Crippen molar-refractivity contribution in [2.75, 3.05) is 0 Å². The van der Waals surface area contributed by atoms with Crippen LogP contribution in [0.1, 0.15) is 2.85 Å². The van der Waals surface area contributed by atoms with Crippen LogP contribution in [-0.4, -0.2) is 47.3 Å². The molecule has 0 aliphatic carbocycles. The van der Waals surface area contributed by atoms with E-state index >= 15 is 0 Å². The number of esters is 2. The number of rotatable bonds is 5. The molecule has 10 heteroatoms. The molecule has 0 saturated carbocycles. The van der Waals surface area contributed by atoms with Crippen LogP contribution in [0.3, 0.4) is 0 Å². The minimum Gasteiger partial charge on any atom is -1.00 e. The Labute approximate surface area is 137 Å². The molecule has 0 aromatic rings. The van der Waals surface area contributed by atoms with Crippen LogP contribution in [0.4, 0.5) is 0 Å². The molecule has 0 aliphatic heterocycles. The number of ether oxygens (including phenoxy) is 2. The summed E-state index contributed by atoms with van der Waals surface area (Å²) in [5.41, 5.74) is 0. The van der Waals surface area contributed by atoms with Gasteiger partial charge in [-0.1, -0.05) is 0 Å². The number of hydrogen-bond donors (Lipinski definition) is 2. The van der Waals surface area contributed by atoms with Gasteiger partial charge in [0.1, 0.15) is 0 Å². The molecule has 16 heavy (non-hydrogen) atoms. The molecular weight excluding hydrogens is 246 g/mol. The van der Waals surface area contributed by atoms with Gasteiger partial charge in [0.05, 0.1) is 0 Å². The van der Waals surface area contributed by atoms with Crippen LogP contribution in [0.5, 0.6) is 0 Å². The number of carbonyl (C=O) groups is 4. The zero-order chi connectivity index (χ0) is 11.1. The van der Waals surface area contributed by atoms with Crippen LogP contribution in [0, 0.1) is 0 Å². The van der Waals surface area contributed by atoms with Gasteiger partial charge in [-0.05, 0) is 0 Å². The molecule has 0 spiro atoms. The minimum absolute atomic E-state index is 0. The van der Waals surface area contributed by atoms with E-state index < -0.39 is 24.1 Å².